The Kier molecular flexibility index (Phi) is 7.32. The number of hydrogen-bond donors (Lipinski definition) is 0. The number of carbonyl (C=O) groups is 2. The number of aromatic nitrogens is 1. The van der Waals surface area contributed by atoms with Crippen molar-refractivity contribution in [3.63, 3.8) is 0 Å². The van der Waals surface area contributed by atoms with Crippen LogP contribution >= 0.6 is 11.8 Å². The lowest BCUT2D eigenvalue weighted by atomic mass is 9.93. The van der Waals surface area contributed by atoms with Gasteiger partial charge in [-0.2, -0.15) is 0 Å². The van der Waals surface area contributed by atoms with Crippen LogP contribution in [-0.2, 0) is 14.3 Å². The SMILES string of the molecule is O=C(CCC1CCCN(C(=O)CSc2ccccn2)C1)N1CCOCC1. The minimum atomic E-state index is 0.171. The highest BCUT2D eigenvalue weighted by molar-refractivity contribution is 7.99. The highest BCUT2D eigenvalue weighted by Crippen LogP contribution is 2.23. The quantitative estimate of drug-likeness (QED) is 0.710. The number of likely N-dealkylation sites (tertiary alicyclic amines) is 1. The molecule has 2 aliphatic heterocycles. The van der Waals surface area contributed by atoms with Gasteiger partial charge in [-0.1, -0.05) is 17.8 Å². The Morgan fingerprint density at radius 2 is 2.00 bits per heavy atom. The molecule has 0 spiro atoms. The molecule has 1 aromatic heterocycles. The lowest BCUT2D eigenvalue weighted by Gasteiger charge is -2.33. The van der Waals surface area contributed by atoms with E-state index in [-0.39, 0.29) is 11.8 Å². The molecule has 26 heavy (non-hydrogen) atoms. The fraction of sp³-hybridized carbons (Fsp3) is 0.632. The number of pyridine rings is 1. The Bertz CT molecular complexity index is 593. The molecule has 0 N–H and O–H groups in total. The summed E-state index contributed by atoms with van der Waals surface area (Å²) < 4.78 is 5.30. The zero-order valence-electron chi connectivity index (χ0n) is 15.1. The van der Waals surface area contributed by atoms with Crippen LogP contribution in [0.15, 0.2) is 29.4 Å². The lowest BCUT2D eigenvalue weighted by Crippen LogP contribution is -2.42. The summed E-state index contributed by atoms with van der Waals surface area (Å²) in [5, 5.41) is 0.880. The Morgan fingerprint density at radius 3 is 2.77 bits per heavy atom. The summed E-state index contributed by atoms with van der Waals surface area (Å²) in [5.41, 5.74) is 0. The third kappa shape index (κ3) is 5.71. The molecule has 3 heterocycles. The van der Waals surface area contributed by atoms with E-state index in [2.05, 4.69) is 4.98 Å². The van der Waals surface area contributed by atoms with E-state index in [0.29, 0.717) is 44.4 Å². The molecule has 2 fully saturated rings. The van der Waals surface area contributed by atoms with Crippen molar-refractivity contribution < 1.29 is 14.3 Å². The number of piperidine rings is 1. The third-order valence-electron chi connectivity index (χ3n) is 4.98. The summed E-state index contributed by atoms with van der Waals surface area (Å²) >= 11 is 1.49. The number of nitrogens with zero attached hydrogens (tertiary/aromatic N) is 3. The maximum Gasteiger partial charge on any atom is 0.232 e. The molecular weight excluding hydrogens is 350 g/mol. The molecule has 2 amide bonds. The highest BCUT2D eigenvalue weighted by Gasteiger charge is 2.25. The van der Waals surface area contributed by atoms with Crippen molar-refractivity contribution >= 4 is 23.6 Å². The topological polar surface area (TPSA) is 62.7 Å². The summed E-state index contributed by atoms with van der Waals surface area (Å²) in [5.74, 6) is 1.25. The number of ether oxygens (including phenoxy) is 1. The zero-order valence-corrected chi connectivity index (χ0v) is 16.0. The van der Waals surface area contributed by atoms with Crippen LogP contribution in [0.5, 0.6) is 0 Å². The molecule has 1 aromatic rings. The number of morpholine rings is 1. The summed E-state index contributed by atoms with van der Waals surface area (Å²) in [6.45, 7) is 4.31. The van der Waals surface area contributed by atoms with Crippen molar-refractivity contribution in [3.8, 4) is 0 Å². The van der Waals surface area contributed by atoms with Gasteiger partial charge in [-0.15, -0.1) is 0 Å². The number of amides is 2. The minimum absolute atomic E-state index is 0.171. The van der Waals surface area contributed by atoms with Gasteiger partial charge in [-0.05, 0) is 37.3 Å². The fourth-order valence-corrected chi connectivity index (χ4v) is 4.25. The van der Waals surface area contributed by atoms with Crippen LogP contribution in [0.2, 0.25) is 0 Å². The maximum atomic E-state index is 12.5. The maximum absolute atomic E-state index is 12.5. The Labute approximate surface area is 159 Å². The Hall–Kier alpha value is -1.60. The normalized spacial score (nSPS) is 20.8. The number of hydrogen-bond acceptors (Lipinski definition) is 5. The van der Waals surface area contributed by atoms with E-state index in [1.165, 1.54) is 11.8 Å². The molecule has 6 nitrogen and oxygen atoms in total. The largest absolute Gasteiger partial charge is 0.378 e. The molecule has 1 atom stereocenters. The molecule has 2 aliphatic rings. The fourth-order valence-electron chi connectivity index (χ4n) is 3.49. The van der Waals surface area contributed by atoms with Crippen LogP contribution in [0, 0.1) is 5.92 Å². The lowest BCUT2D eigenvalue weighted by molar-refractivity contribution is -0.135. The Morgan fingerprint density at radius 1 is 1.15 bits per heavy atom. The van der Waals surface area contributed by atoms with Crippen LogP contribution in [0.3, 0.4) is 0 Å². The van der Waals surface area contributed by atoms with Crippen molar-refractivity contribution in [2.24, 2.45) is 5.92 Å². The standard InChI is InChI=1S/C19H27N3O3S/c23-18(21-10-12-25-13-11-21)7-6-16-4-3-9-22(14-16)19(24)15-26-17-5-1-2-8-20-17/h1-2,5,8,16H,3-4,6-7,9-15H2. The van der Waals surface area contributed by atoms with E-state index in [4.69, 9.17) is 4.74 Å². The predicted molar refractivity (Wildman–Crippen MR) is 101 cm³/mol. The molecule has 0 bridgehead atoms. The van der Waals surface area contributed by atoms with Gasteiger partial charge in [0.25, 0.3) is 0 Å². The smallest absolute Gasteiger partial charge is 0.232 e. The summed E-state index contributed by atoms with van der Waals surface area (Å²) in [6.07, 6.45) is 5.32. The first-order valence-electron chi connectivity index (χ1n) is 9.39. The van der Waals surface area contributed by atoms with E-state index >= 15 is 0 Å². The molecule has 0 saturated carbocycles. The van der Waals surface area contributed by atoms with Gasteiger partial charge in [0.05, 0.1) is 24.0 Å². The predicted octanol–water partition coefficient (Wildman–Crippen LogP) is 2.05. The first-order chi connectivity index (χ1) is 12.7. The molecule has 0 radical (unpaired) electrons. The van der Waals surface area contributed by atoms with Gasteiger partial charge in [0.1, 0.15) is 0 Å². The summed E-state index contributed by atoms with van der Waals surface area (Å²) in [6, 6.07) is 5.73. The summed E-state index contributed by atoms with van der Waals surface area (Å²) in [7, 11) is 0. The summed E-state index contributed by atoms with van der Waals surface area (Å²) in [4.78, 5) is 32.9. The third-order valence-corrected chi connectivity index (χ3v) is 5.91. The van der Waals surface area contributed by atoms with Crippen molar-refractivity contribution in [1.29, 1.82) is 0 Å². The van der Waals surface area contributed by atoms with Gasteiger partial charge >= 0.3 is 0 Å². The highest BCUT2D eigenvalue weighted by atomic mass is 32.2. The second kappa shape index (κ2) is 9.92. The van der Waals surface area contributed by atoms with Crippen molar-refractivity contribution in [3.05, 3.63) is 24.4 Å². The molecule has 142 valence electrons. The van der Waals surface area contributed by atoms with Crippen LogP contribution in [-0.4, -0.2) is 71.7 Å². The molecule has 7 heteroatoms. The number of rotatable bonds is 6. The molecule has 2 saturated heterocycles. The van der Waals surface area contributed by atoms with Crippen LogP contribution in [0.1, 0.15) is 25.7 Å². The number of carbonyl (C=O) groups excluding carboxylic acids is 2. The van der Waals surface area contributed by atoms with E-state index in [9.17, 15) is 9.59 Å². The number of thioether (sulfide) groups is 1. The first-order valence-corrected chi connectivity index (χ1v) is 10.4. The van der Waals surface area contributed by atoms with E-state index in [0.717, 1.165) is 37.4 Å². The second-order valence-corrected chi connectivity index (χ2v) is 7.83. The Balaban J connectivity index is 1.40. The molecule has 1 unspecified atom stereocenters. The van der Waals surface area contributed by atoms with Gasteiger partial charge in [-0.25, -0.2) is 4.98 Å². The zero-order chi connectivity index (χ0) is 18.2. The van der Waals surface area contributed by atoms with Crippen molar-refractivity contribution in [2.45, 2.75) is 30.7 Å². The van der Waals surface area contributed by atoms with E-state index in [1.807, 2.05) is 28.0 Å². The van der Waals surface area contributed by atoms with Crippen molar-refractivity contribution in [2.75, 3.05) is 45.1 Å². The monoisotopic (exact) mass is 377 g/mol. The van der Waals surface area contributed by atoms with E-state index in [1.54, 1.807) is 6.20 Å². The van der Waals surface area contributed by atoms with Gasteiger partial charge in [-0.3, -0.25) is 9.59 Å². The molecule has 3 rings (SSSR count). The average Bonchev–Trinajstić information content (AvgIpc) is 2.72. The molecule has 0 aromatic carbocycles. The molecule has 0 aliphatic carbocycles. The van der Waals surface area contributed by atoms with Crippen LogP contribution in [0.4, 0.5) is 0 Å². The second-order valence-electron chi connectivity index (χ2n) is 6.84. The average molecular weight is 378 g/mol. The minimum Gasteiger partial charge on any atom is -0.378 e. The van der Waals surface area contributed by atoms with Gasteiger partial charge in [0, 0.05) is 38.8 Å². The molecular formula is C19H27N3O3S. The van der Waals surface area contributed by atoms with Gasteiger partial charge < -0.3 is 14.5 Å². The van der Waals surface area contributed by atoms with Gasteiger partial charge in [0.15, 0.2) is 0 Å². The first kappa shape index (κ1) is 19.2. The van der Waals surface area contributed by atoms with E-state index < -0.39 is 0 Å². The van der Waals surface area contributed by atoms with Crippen LogP contribution in [0.25, 0.3) is 0 Å². The van der Waals surface area contributed by atoms with Gasteiger partial charge in [0.2, 0.25) is 11.8 Å². The van der Waals surface area contributed by atoms with Crippen molar-refractivity contribution in [1.82, 2.24) is 14.8 Å². The van der Waals surface area contributed by atoms with Crippen LogP contribution < -0.4 is 0 Å².